The predicted molar refractivity (Wildman–Crippen MR) is 69.8 cm³/mol. The molecule has 1 N–H and O–H groups in total. The maximum Gasteiger partial charge on any atom is 0.134 e. The Balaban J connectivity index is 1.58. The monoisotopic (exact) mass is 257 g/mol. The second-order valence-electron chi connectivity index (χ2n) is 6.49. The van der Waals surface area contributed by atoms with E-state index in [1.165, 1.54) is 42.6 Å². The second kappa shape index (κ2) is 3.76. The highest BCUT2D eigenvalue weighted by molar-refractivity contribution is 5.34. The number of nitrogens with zero attached hydrogens (tertiary/aromatic N) is 2. The summed E-state index contributed by atoms with van der Waals surface area (Å²) in [6.45, 7) is 1.89. The zero-order valence-electron chi connectivity index (χ0n) is 11.1. The van der Waals surface area contributed by atoms with Crippen molar-refractivity contribution < 1.29 is 4.74 Å². The average Bonchev–Trinajstić information content (AvgIpc) is 2.88. The van der Waals surface area contributed by atoms with Crippen molar-refractivity contribution in [1.29, 1.82) is 0 Å². The van der Waals surface area contributed by atoms with Crippen LogP contribution in [0.3, 0.4) is 0 Å². The molecule has 1 saturated carbocycles. The third-order valence-electron chi connectivity index (χ3n) is 5.14. The molecule has 4 heterocycles. The van der Waals surface area contributed by atoms with Gasteiger partial charge in [-0.25, -0.2) is 9.97 Å². The van der Waals surface area contributed by atoms with Gasteiger partial charge in [-0.2, -0.15) is 0 Å². The quantitative estimate of drug-likeness (QED) is 0.880. The summed E-state index contributed by atoms with van der Waals surface area (Å²) in [7, 11) is 0. The largest absolute Gasteiger partial charge is 0.374 e. The van der Waals surface area contributed by atoms with Crippen molar-refractivity contribution in [1.82, 2.24) is 15.3 Å². The maximum absolute atomic E-state index is 5.98. The van der Waals surface area contributed by atoms with E-state index < -0.39 is 0 Å². The molecule has 1 aromatic heterocycles. The van der Waals surface area contributed by atoms with Gasteiger partial charge in [0.05, 0.1) is 23.6 Å². The number of hydrogen-bond donors (Lipinski definition) is 1. The first kappa shape index (κ1) is 10.7. The van der Waals surface area contributed by atoms with Gasteiger partial charge in [0.25, 0.3) is 0 Å². The standard InChI is InChI=1S/C15H19N3O/c1-2-8(1)14-11-6-16-7-12(11)17-15(18-14)10-5-9-3-4-13(10)19-9/h8-10,13,16H,1-7H2. The number of hydrogen-bond acceptors (Lipinski definition) is 4. The van der Waals surface area contributed by atoms with E-state index in [-0.39, 0.29) is 0 Å². The van der Waals surface area contributed by atoms with Crippen molar-refractivity contribution >= 4 is 0 Å². The van der Waals surface area contributed by atoms with Gasteiger partial charge in [-0.15, -0.1) is 0 Å². The molecule has 2 saturated heterocycles. The topological polar surface area (TPSA) is 47.0 Å². The van der Waals surface area contributed by atoms with Crippen LogP contribution in [0.2, 0.25) is 0 Å². The molecule has 1 aromatic rings. The predicted octanol–water partition coefficient (Wildman–Crippen LogP) is 1.99. The highest BCUT2D eigenvalue weighted by Crippen LogP contribution is 2.46. The Morgan fingerprint density at radius 1 is 1.05 bits per heavy atom. The summed E-state index contributed by atoms with van der Waals surface area (Å²) < 4.78 is 5.98. The van der Waals surface area contributed by atoms with Crippen molar-refractivity contribution in [3.05, 3.63) is 22.8 Å². The molecular weight excluding hydrogens is 238 g/mol. The Bertz CT molecular complexity index is 540. The van der Waals surface area contributed by atoms with Crippen LogP contribution in [0.15, 0.2) is 0 Å². The molecule has 0 aromatic carbocycles. The summed E-state index contributed by atoms with van der Waals surface area (Å²) in [4.78, 5) is 9.85. The molecule has 4 nitrogen and oxygen atoms in total. The van der Waals surface area contributed by atoms with Crippen molar-refractivity contribution in [3.8, 4) is 0 Å². The number of rotatable bonds is 2. The number of nitrogens with one attached hydrogen (secondary N) is 1. The zero-order chi connectivity index (χ0) is 12.4. The van der Waals surface area contributed by atoms with Crippen LogP contribution in [-0.4, -0.2) is 22.2 Å². The van der Waals surface area contributed by atoms with Crippen LogP contribution < -0.4 is 5.32 Å². The van der Waals surface area contributed by atoms with Crippen LogP contribution in [0, 0.1) is 0 Å². The fourth-order valence-electron chi connectivity index (χ4n) is 3.98. The lowest BCUT2D eigenvalue weighted by molar-refractivity contribution is 0.0998. The van der Waals surface area contributed by atoms with Gasteiger partial charge in [0.2, 0.25) is 0 Å². The van der Waals surface area contributed by atoms with E-state index in [2.05, 4.69) is 5.32 Å². The maximum atomic E-state index is 5.98. The molecule has 100 valence electrons. The molecule has 0 spiro atoms. The second-order valence-corrected chi connectivity index (χ2v) is 6.49. The molecule has 3 aliphatic heterocycles. The van der Waals surface area contributed by atoms with Crippen molar-refractivity contribution in [2.75, 3.05) is 0 Å². The minimum Gasteiger partial charge on any atom is -0.374 e. The van der Waals surface area contributed by atoms with E-state index in [4.69, 9.17) is 14.7 Å². The van der Waals surface area contributed by atoms with Crippen LogP contribution in [0.1, 0.15) is 66.7 Å². The molecular formula is C15H19N3O. The summed E-state index contributed by atoms with van der Waals surface area (Å²) >= 11 is 0. The van der Waals surface area contributed by atoms with Gasteiger partial charge in [0.1, 0.15) is 5.82 Å². The lowest BCUT2D eigenvalue weighted by atomic mass is 9.88. The molecule has 0 radical (unpaired) electrons. The van der Waals surface area contributed by atoms with Gasteiger partial charge < -0.3 is 10.1 Å². The molecule has 3 unspecified atom stereocenters. The van der Waals surface area contributed by atoms with Crippen molar-refractivity contribution in [2.45, 2.75) is 69.2 Å². The zero-order valence-corrected chi connectivity index (χ0v) is 11.1. The first-order valence-electron chi connectivity index (χ1n) is 7.64. The summed E-state index contributed by atoms with van der Waals surface area (Å²) in [6.07, 6.45) is 7.09. The Hall–Kier alpha value is -1.00. The fraction of sp³-hybridized carbons (Fsp3) is 0.733. The van der Waals surface area contributed by atoms with E-state index in [9.17, 15) is 0 Å². The Morgan fingerprint density at radius 3 is 2.74 bits per heavy atom. The van der Waals surface area contributed by atoms with Crippen LogP contribution in [0.5, 0.6) is 0 Å². The molecule has 2 bridgehead atoms. The molecule has 0 amide bonds. The first-order chi connectivity index (χ1) is 9.38. The Morgan fingerprint density at radius 2 is 2.00 bits per heavy atom. The third kappa shape index (κ3) is 1.59. The Labute approximate surface area is 113 Å². The van der Waals surface area contributed by atoms with E-state index in [1.807, 2.05) is 0 Å². The lowest BCUT2D eigenvalue weighted by Crippen LogP contribution is -2.19. The van der Waals surface area contributed by atoms with E-state index in [0.717, 1.165) is 31.3 Å². The highest BCUT2D eigenvalue weighted by atomic mass is 16.5. The van der Waals surface area contributed by atoms with Crippen LogP contribution in [0.25, 0.3) is 0 Å². The van der Waals surface area contributed by atoms with Crippen LogP contribution in [0.4, 0.5) is 0 Å². The van der Waals surface area contributed by atoms with Gasteiger partial charge in [-0.05, 0) is 32.1 Å². The average molecular weight is 257 g/mol. The van der Waals surface area contributed by atoms with Gasteiger partial charge >= 0.3 is 0 Å². The third-order valence-corrected chi connectivity index (χ3v) is 5.14. The van der Waals surface area contributed by atoms with Crippen molar-refractivity contribution in [3.63, 3.8) is 0 Å². The van der Waals surface area contributed by atoms with Gasteiger partial charge in [-0.3, -0.25) is 0 Å². The molecule has 1 aliphatic carbocycles. The molecule has 3 atom stereocenters. The Kier molecular flexibility index (Phi) is 2.13. The summed E-state index contributed by atoms with van der Waals surface area (Å²) in [5.74, 6) is 2.26. The summed E-state index contributed by atoms with van der Waals surface area (Å²) in [5, 5.41) is 3.43. The van der Waals surface area contributed by atoms with Crippen LogP contribution in [-0.2, 0) is 17.8 Å². The molecule has 5 rings (SSSR count). The molecule has 4 heteroatoms. The SMILES string of the molecule is C1NCc2c1nc(C1CC3CCC1O3)nc2C1CC1. The van der Waals surface area contributed by atoms with E-state index in [1.54, 1.807) is 0 Å². The van der Waals surface area contributed by atoms with Gasteiger partial charge in [-0.1, -0.05) is 0 Å². The molecule has 3 fully saturated rings. The summed E-state index contributed by atoms with van der Waals surface area (Å²) in [5.41, 5.74) is 4.01. The van der Waals surface area contributed by atoms with Crippen LogP contribution >= 0.6 is 0 Å². The summed E-state index contributed by atoms with van der Waals surface area (Å²) in [6, 6.07) is 0. The van der Waals surface area contributed by atoms with Crippen molar-refractivity contribution in [2.24, 2.45) is 0 Å². The van der Waals surface area contributed by atoms with Gasteiger partial charge in [0, 0.05) is 30.5 Å². The fourth-order valence-corrected chi connectivity index (χ4v) is 3.98. The smallest absolute Gasteiger partial charge is 0.134 e. The number of aromatic nitrogens is 2. The van der Waals surface area contributed by atoms with Gasteiger partial charge in [0.15, 0.2) is 0 Å². The minimum absolute atomic E-state index is 0.393. The highest BCUT2D eigenvalue weighted by Gasteiger charge is 2.44. The van der Waals surface area contributed by atoms with E-state index >= 15 is 0 Å². The molecule has 19 heavy (non-hydrogen) atoms. The molecule has 4 aliphatic rings. The number of ether oxygens (including phenoxy) is 1. The minimum atomic E-state index is 0.393. The normalized spacial score (nSPS) is 35.9. The van der Waals surface area contributed by atoms with E-state index in [0.29, 0.717) is 18.1 Å². The lowest BCUT2D eigenvalue weighted by Gasteiger charge is -2.19. The first-order valence-corrected chi connectivity index (χ1v) is 7.64. The number of fused-ring (bicyclic) bond motifs is 3.